The second kappa shape index (κ2) is 3.07. The Balaban J connectivity index is 2.39. The van der Waals surface area contributed by atoms with E-state index in [-0.39, 0.29) is 5.82 Å². The van der Waals surface area contributed by atoms with Crippen molar-refractivity contribution < 1.29 is 4.39 Å². The van der Waals surface area contributed by atoms with Crippen LogP contribution >= 0.6 is 0 Å². The molecule has 1 aliphatic rings. The molecule has 1 aromatic heterocycles. The van der Waals surface area contributed by atoms with Crippen molar-refractivity contribution in [3.63, 3.8) is 0 Å². The van der Waals surface area contributed by atoms with Crippen LogP contribution in [0.15, 0.2) is 12.3 Å². The number of rotatable bonds is 1. The van der Waals surface area contributed by atoms with Gasteiger partial charge in [-0.1, -0.05) is 12.8 Å². The molecule has 0 aromatic carbocycles. The van der Waals surface area contributed by atoms with Crippen LogP contribution in [-0.4, -0.2) is 4.98 Å². The smallest absolute Gasteiger partial charge is 0.132 e. The Labute approximate surface area is 77.0 Å². The van der Waals surface area contributed by atoms with Crippen molar-refractivity contribution in [2.45, 2.75) is 31.2 Å². The van der Waals surface area contributed by atoms with Crippen LogP contribution in [0, 0.1) is 12.0 Å². The van der Waals surface area contributed by atoms with E-state index in [0.29, 0.717) is 5.56 Å². The fourth-order valence-electron chi connectivity index (χ4n) is 1.95. The first-order valence-electron chi connectivity index (χ1n) is 4.54. The van der Waals surface area contributed by atoms with Crippen LogP contribution in [0.4, 0.5) is 4.39 Å². The maximum absolute atomic E-state index is 13.3. The third-order valence-electron chi connectivity index (χ3n) is 2.70. The Morgan fingerprint density at radius 2 is 2.15 bits per heavy atom. The van der Waals surface area contributed by atoms with Crippen LogP contribution in [0.2, 0.25) is 0 Å². The van der Waals surface area contributed by atoms with E-state index in [1.807, 2.05) is 0 Å². The van der Waals surface area contributed by atoms with Crippen molar-refractivity contribution in [2.24, 2.45) is 5.73 Å². The number of hydrogen-bond acceptors (Lipinski definition) is 2. The standard InChI is InChI=1S/C10H12FN2/c11-9-3-6-13-7-8(9)10(12)4-1-2-5-10/h3,6H,1-2,4-5,12H2. The average Bonchev–Trinajstić information content (AvgIpc) is 2.54. The molecule has 1 radical (unpaired) electrons. The number of pyridine rings is 1. The van der Waals surface area contributed by atoms with Crippen LogP contribution < -0.4 is 5.73 Å². The molecule has 2 N–H and O–H groups in total. The third-order valence-corrected chi connectivity index (χ3v) is 2.70. The van der Waals surface area contributed by atoms with Gasteiger partial charge in [0, 0.05) is 17.3 Å². The molecule has 1 aromatic rings. The number of nitrogens with two attached hydrogens (primary N) is 1. The Morgan fingerprint density at radius 1 is 1.46 bits per heavy atom. The van der Waals surface area contributed by atoms with Crippen molar-refractivity contribution in [3.05, 3.63) is 29.8 Å². The minimum atomic E-state index is -0.516. The predicted molar refractivity (Wildman–Crippen MR) is 47.4 cm³/mol. The van der Waals surface area contributed by atoms with E-state index in [1.165, 1.54) is 12.3 Å². The normalized spacial score (nSPS) is 20.5. The molecule has 0 amide bonds. The zero-order valence-electron chi connectivity index (χ0n) is 7.39. The lowest BCUT2D eigenvalue weighted by molar-refractivity contribution is 0.430. The van der Waals surface area contributed by atoms with E-state index >= 15 is 0 Å². The number of hydrogen-bond donors (Lipinski definition) is 1. The largest absolute Gasteiger partial charge is 0.321 e. The topological polar surface area (TPSA) is 38.9 Å². The molecule has 0 atom stereocenters. The lowest BCUT2D eigenvalue weighted by Crippen LogP contribution is -2.34. The van der Waals surface area contributed by atoms with Gasteiger partial charge in [0.05, 0.1) is 6.20 Å². The monoisotopic (exact) mass is 179 g/mol. The quantitative estimate of drug-likeness (QED) is 0.713. The van der Waals surface area contributed by atoms with Crippen molar-refractivity contribution in [1.82, 2.24) is 4.98 Å². The lowest BCUT2D eigenvalue weighted by Gasteiger charge is -2.23. The Morgan fingerprint density at radius 3 is 2.77 bits per heavy atom. The summed E-state index contributed by atoms with van der Waals surface area (Å²) in [5, 5.41) is 0. The molecule has 1 saturated carbocycles. The van der Waals surface area contributed by atoms with E-state index in [4.69, 9.17) is 5.73 Å². The molecule has 1 fully saturated rings. The number of aromatic nitrogens is 1. The zero-order valence-corrected chi connectivity index (χ0v) is 7.39. The summed E-state index contributed by atoms with van der Waals surface area (Å²) in [6.07, 6.45) is 7.88. The van der Waals surface area contributed by atoms with E-state index in [9.17, 15) is 4.39 Å². The van der Waals surface area contributed by atoms with Gasteiger partial charge in [-0.15, -0.1) is 0 Å². The summed E-state index contributed by atoms with van der Waals surface area (Å²) >= 11 is 0. The fraction of sp³-hybridized carbons (Fsp3) is 0.500. The van der Waals surface area contributed by atoms with Gasteiger partial charge in [0.2, 0.25) is 0 Å². The Kier molecular flexibility index (Phi) is 2.04. The minimum absolute atomic E-state index is 0.278. The van der Waals surface area contributed by atoms with Crippen molar-refractivity contribution in [3.8, 4) is 0 Å². The maximum Gasteiger partial charge on any atom is 0.132 e. The SMILES string of the molecule is NC1(c2[c]nccc2F)CCCC1. The third kappa shape index (κ3) is 1.44. The Bertz CT molecular complexity index is 306. The Hall–Kier alpha value is -0.960. The molecule has 3 heteroatoms. The molecule has 69 valence electrons. The summed E-state index contributed by atoms with van der Waals surface area (Å²) in [6, 6.07) is 1.35. The van der Waals surface area contributed by atoms with Crippen LogP contribution in [0.5, 0.6) is 0 Å². The maximum atomic E-state index is 13.3. The van der Waals surface area contributed by atoms with Gasteiger partial charge in [0.1, 0.15) is 5.82 Å². The van der Waals surface area contributed by atoms with Crippen molar-refractivity contribution >= 4 is 0 Å². The summed E-state index contributed by atoms with van der Waals surface area (Å²) < 4.78 is 13.3. The zero-order chi connectivity index (χ0) is 9.31. The second-order valence-electron chi connectivity index (χ2n) is 3.64. The molecule has 0 saturated heterocycles. The second-order valence-corrected chi connectivity index (χ2v) is 3.64. The predicted octanol–water partition coefficient (Wildman–Crippen LogP) is 1.75. The average molecular weight is 179 g/mol. The molecule has 2 rings (SSSR count). The molecular formula is C10H12FN2. The molecule has 1 heterocycles. The molecule has 0 spiro atoms. The van der Waals surface area contributed by atoms with E-state index in [0.717, 1.165) is 25.7 Å². The van der Waals surface area contributed by atoms with Gasteiger partial charge < -0.3 is 5.73 Å². The first kappa shape index (κ1) is 8.63. The molecule has 13 heavy (non-hydrogen) atoms. The highest BCUT2D eigenvalue weighted by Crippen LogP contribution is 2.36. The minimum Gasteiger partial charge on any atom is -0.321 e. The fourth-order valence-corrected chi connectivity index (χ4v) is 1.95. The molecule has 0 bridgehead atoms. The van der Waals surface area contributed by atoms with Gasteiger partial charge in [-0.25, -0.2) is 4.39 Å². The summed E-state index contributed by atoms with van der Waals surface area (Å²) in [5.74, 6) is -0.278. The molecule has 0 unspecified atom stereocenters. The van der Waals surface area contributed by atoms with Gasteiger partial charge in [0.25, 0.3) is 0 Å². The van der Waals surface area contributed by atoms with E-state index in [2.05, 4.69) is 11.2 Å². The molecule has 1 aliphatic carbocycles. The van der Waals surface area contributed by atoms with Gasteiger partial charge in [-0.05, 0) is 18.9 Å². The summed E-state index contributed by atoms with van der Waals surface area (Å²) in [7, 11) is 0. The molecular weight excluding hydrogens is 167 g/mol. The van der Waals surface area contributed by atoms with Crippen molar-refractivity contribution in [2.75, 3.05) is 0 Å². The van der Waals surface area contributed by atoms with Crippen LogP contribution in [0.25, 0.3) is 0 Å². The summed E-state index contributed by atoms with van der Waals surface area (Å²) in [4.78, 5) is 3.79. The molecule has 2 nitrogen and oxygen atoms in total. The lowest BCUT2D eigenvalue weighted by atomic mass is 9.90. The first-order chi connectivity index (χ1) is 6.22. The number of halogens is 1. The van der Waals surface area contributed by atoms with E-state index in [1.54, 1.807) is 0 Å². The van der Waals surface area contributed by atoms with E-state index < -0.39 is 5.54 Å². The highest BCUT2D eigenvalue weighted by molar-refractivity contribution is 5.22. The summed E-state index contributed by atoms with van der Waals surface area (Å²) in [5.41, 5.74) is 6.01. The van der Waals surface area contributed by atoms with Gasteiger partial charge in [0.15, 0.2) is 0 Å². The van der Waals surface area contributed by atoms with Crippen molar-refractivity contribution in [1.29, 1.82) is 0 Å². The molecule has 0 aliphatic heterocycles. The highest BCUT2D eigenvalue weighted by Gasteiger charge is 2.33. The van der Waals surface area contributed by atoms with Gasteiger partial charge in [-0.3, -0.25) is 4.98 Å². The number of nitrogens with zero attached hydrogens (tertiary/aromatic N) is 1. The highest BCUT2D eigenvalue weighted by atomic mass is 19.1. The van der Waals surface area contributed by atoms with Crippen LogP contribution in [0.1, 0.15) is 31.2 Å². The van der Waals surface area contributed by atoms with Crippen LogP contribution in [0.3, 0.4) is 0 Å². The summed E-state index contributed by atoms with van der Waals surface area (Å²) in [6.45, 7) is 0. The van der Waals surface area contributed by atoms with Gasteiger partial charge in [-0.2, -0.15) is 0 Å². The first-order valence-corrected chi connectivity index (χ1v) is 4.54. The van der Waals surface area contributed by atoms with Gasteiger partial charge >= 0.3 is 0 Å². The van der Waals surface area contributed by atoms with Crippen LogP contribution in [-0.2, 0) is 5.54 Å².